The number of aromatic nitrogens is 4. The van der Waals surface area contributed by atoms with Gasteiger partial charge in [-0.3, -0.25) is 14.2 Å². The maximum Gasteiger partial charge on any atom is 0.255 e. The van der Waals surface area contributed by atoms with Crippen LogP contribution in [0.2, 0.25) is 0 Å². The lowest BCUT2D eigenvalue weighted by Gasteiger charge is -2.15. The van der Waals surface area contributed by atoms with Gasteiger partial charge in [-0.1, -0.05) is 13.8 Å². The monoisotopic (exact) mass is 289 g/mol. The van der Waals surface area contributed by atoms with Crippen LogP contribution in [-0.2, 0) is 13.6 Å². The van der Waals surface area contributed by atoms with E-state index in [2.05, 4.69) is 22.4 Å². The van der Waals surface area contributed by atoms with Crippen molar-refractivity contribution in [1.82, 2.24) is 24.9 Å². The zero-order valence-corrected chi connectivity index (χ0v) is 13.1. The number of hydrogen-bond donors (Lipinski definition) is 1. The van der Waals surface area contributed by atoms with Gasteiger partial charge in [-0.05, 0) is 19.8 Å². The molecule has 1 atom stereocenters. The number of rotatable bonds is 6. The van der Waals surface area contributed by atoms with Crippen molar-refractivity contribution in [1.29, 1.82) is 0 Å². The van der Waals surface area contributed by atoms with E-state index in [0.29, 0.717) is 5.56 Å². The summed E-state index contributed by atoms with van der Waals surface area (Å²) in [7, 11) is 1.87. The predicted octanol–water partition coefficient (Wildman–Crippen LogP) is 2.22. The average molecular weight is 289 g/mol. The standard InChI is InChI=1S/C15H23N5O/c1-5-7-20-11(3)13(9-17-20)15(21)18-14(6-2)12-8-16-19(4)10-12/h8-10,14H,5-7H2,1-4H3,(H,18,21)/t14-/m0/s1. The second kappa shape index (κ2) is 6.56. The molecular weight excluding hydrogens is 266 g/mol. The SMILES string of the molecule is CCCn1ncc(C(=O)N[C@@H](CC)c2cnn(C)c2)c1C. The number of hydrogen-bond acceptors (Lipinski definition) is 3. The van der Waals surface area contributed by atoms with E-state index in [4.69, 9.17) is 0 Å². The van der Waals surface area contributed by atoms with Crippen LogP contribution in [0.3, 0.4) is 0 Å². The highest BCUT2D eigenvalue weighted by Gasteiger charge is 2.19. The van der Waals surface area contributed by atoms with Crippen molar-refractivity contribution >= 4 is 5.91 Å². The lowest BCUT2D eigenvalue weighted by molar-refractivity contribution is 0.0935. The van der Waals surface area contributed by atoms with Gasteiger partial charge in [-0.2, -0.15) is 10.2 Å². The summed E-state index contributed by atoms with van der Waals surface area (Å²) in [6, 6.07) is -0.0277. The third kappa shape index (κ3) is 3.32. The quantitative estimate of drug-likeness (QED) is 0.886. The Morgan fingerprint density at radius 3 is 2.67 bits per heavy atom. The van der Waals surface area contributed by atoms with Crippen LogP contribution in [0.25, 0.3) is 0 Å². The number of aryl methyl sites for hydroxylation is 2. The molecular formula is C15H23N5O. The summed E-state index contributed by atoms with van der Waals surface area (Å²) in [5.41, 5.74) is 2.58. The smallest absolute Gasteiger partial charge is 0.255 e. The Morgan fingerprint density at radius 1 is 1.33 bits per heavy atom. The predicted molar refractivity (Wildman–Crippen MR) is 81.0 cm³/mol. The van der Waals surface area contributed by atoms with Crippen molar-refractivity contribution in [3.05, 3.63) is 35.4 Å². The summed E-state index contributed by atoms with van der Waals surface area (Å²) in [5, 5.41) is 11.5. The van der Waals surface area contributed by atoms with Gasteiger partial charge in [0.05, 0.1) is 24.0 Å². The minimum atomic E-state index is -0.0782. The molecule has 2 aromatic heterocycles. The van der Waals surface area contributed by atoms with Crippen molar-refractivity contribution < 1.29 is 4.79 Å². The van der Waals surface area contributed by atoms with E-state index >= 15 is 0 Å². The number of amides is 1. The van der Waals surface area contributed by atoms with Crippen LogP contribution in [0.15, 0.2) is 18.6 Å². The van der Waals surface area contributed by atoms with Crippen molar-refractivity contribution in [3.63, 3.8) is 0 Å². The van der Waals surface area contributed by atoms with Crippen LogP contribution in [0.4, 0.5) is 0 Å². The van der Waals surface area contributed by atoms with Gasteiger partial charge in [0, 0.05) is 31.0 Å². The first-order valence-electron chi connectivity index (χ1n) is 7.38. The average Bonchev–Trinajstić information content (AvgIpc) is 3.04. The topological polar surface area (TPSA) is 64.7 Å². The van der Waals surface area contributed by atoms with E-state index in [1.165, 1.54) is 0 Å². The van der Waals surface area contributed by atoms with Gasteiger partial charge in [-0.15, -0.1) is 0 Å². The van der Waals surface area contributed by atoms with Crippen LogP contribution in [0.5, 0.6) is 0 Å². The molecule has 2 rings (SSSR count). The first kappa shape index (κ1) is 15.3. The first-order valence-corrected chi connectivity index (χ1v) is 7.38. The molecule has 21 heavy (non-hydrogen) atoms. The highest BCUT2D eigenvalue weighted by Crippen LogP contribution is 2.17. The maximum absolute atomic E-state index is 12.4. The molecule has 114 valence electrons. The highest BCUT2D eigenvalue weighted by atomic mass is 16.1. The Balaban J connectivity index is 2.13. The fraction of sp³-hybridized carbons (Fsp3) is 0.533. The van der Waals surface area contributed by atoms with E-state index in [1.807, 2.05) is 31.8 Å². The molecule has 1 N–H and O–H groups in total. The molecule has 0 aromatic carbocycles. The van der Waals surface area contributed by atoms with E-state index < -0.39 is 0 Å². The molecule has 0 saturated carbocycles. The Labute approximate surface area is 125 Å². The Kier molecular flexibility index (Phi) is 4.77. The molecule has 0 aliphatic heterocycles. The lowest BCUT2D eigenvalue weighted by Crippen LogP contribution is -2.28. The van der Waals surface area contributed by atoms with Gasteiger partial charge >= 0.3 is 0 Å². The van der Waals surface area contributed by atoms with Gasteiger partial charge in [0.2, 0.25) is 0 Å². The molecule has 6 heteroatoms. The third-order valence-corrected chi connectivity index (χ3v) is 3.62. The van der Waals surface area contributed by atoms with Gasteiger partial charge in [0.1, 0.15) is 0 Å². The van der Waals surface area contributed by atoms with Gasteiger partial charge < -0.3 is 5.32 Å². The zero-order chi connectivity index (χ0) is 15.4. The minimum absolute atomic E-state index is 0.0277. The summed E-state index contributed by atoms with van der Waals surface area (Å²) in [4.78, 5) is 12.4. The second-order valence-electron chi connectivity index (χ2n) is 5.25. The Morgan fingerprint density at radius 2 is 2.10 bits per heavy atom. The highest BCUT2D eigenvalue weighted by molar-refractivity contribution is 5.95. The summed E-state index contributed by atoms with van der Waals surface area (Å²) >= 11 is 0. The van der Waals surface area contributed by atoms with E-state index in [0.717, 1.165) is 30.6 Å². The number of nitrogens with one attached hydrogen (secondary N) is 1. The third-order valence-electron chi connectivity index (χ3n) is 3.62. The van der Waals surface area contributed by atoms with Crippen molar-refractivity contribution in [2.45, 2.75) is 46.2 Å². The molecule has 0 saturated heterocycles. The molecule has 0 aliphatic carbocycles. The molecule has 0 fully saturated rings. The fourth-order valence-electron chi connectivity index (χ4n) is 2.38. The van der Waals surface area contributed by atoms with Crippen molar-refractivity contribution in [2.75, 3.05) is 0 Å². The number of carbonyl (C=O) groups is 1. The molecule has 2 heterocycles. The largest absolute Gasteiger partial charge is 0.345 e. The second-order valence-corrected chi connectivity index (χ2v) is 5.25. The van der Waals surface area contributed by atoms with Crippen molar-refractivity contribution in [3.8, 4) is 0 Å². The van der Waals surface area contributed by atoms with E-state index in [-0.39, 0.29) is 11.9 Å². The van der Waals surface area contributed by atoms with Crippen LogP contribution < -0.4 is 5.32 Å². The Bertz CT molecular complexity index is 613. The van der Waals surface area contributed by atoms with E-state index in [9.17, 15) is 4.79 Å². The van der Waals surface area contributed by atoms with Crippen LogP contribution in [0.1, 0.15) is 54.3 Å². The molecule has 0 radical (unpaired) electrons. The Hall–Kier alpha value is -2.11. The normalized spacial score (nSPS) is 12.4. The summed E-state index contributed by atoms with van der Waals surface area (Å²) in [6.45, 7) is 6.91. The van der Waals surface area contributed by atoms with Gasteiger partial charge in [0.25, 0.3) is 5.91 Å². The molecule has 0 unspecified atom stereocenters. The van der Waals surface area contributed by atoms with Crippen molar-refractivity contribution in [2.24, 2.45) is 7.05 Å². The van der Waals surface area contributed by atoms with Gasteiger partial charge in [0.15, 0.2) is 0 Å². The first-order chi connectivity index (χ1) is 10.1. The molecule has 6 nitrogen and oxygen atoms in total. The van der Waals surface area contributed by atoms with Crippen LogP contribution in [0, 0.1) is 6.92 Å². The molecule has 0 spiro atoms. The zero-order valence-electron chi connectivity index (χ0n) is 13.1. The summed E-state index contributed by atoms with van der Waals surface area (Å²) in [6.07, 6.45) is 7.19. The number of carbonyl (C=O) groups excluding carboxylic acids is 1. The van der Waals surface area contributed by atoms with Crippen LogP contribution >= 0.6 is 0 Å². The lowest BCUT2D eigenvalue weighted by atomic mass is 10.1. The summed E-state index contributed by atoms with van der Waals surface area (Å²) in [5.74, 6) is -0.0782. The minimum Gasteiger partial charge on any atom is -0.345 e. The maximum atomic E-state index is 12.4. The van der Waals surface area contributed by atoms with Crippen LogP contribution in [-0.4, -0.2) is 25.5 Å². The molecule has 1 amide bonds. The number of nitrogens with zero attached hydrogens (tertiary/aromatic N) is 4. The molecule has 2 aromatic rings. The summed E-state index contributed by atoms with van der Waals surface area (Å²) < 4.78 is 3.62. The van der Waals surface area contributed by atoms with E-state index in [1.54, 1.807) is 17.1 Å². The van der Waals surface area contributed by atoms with Gasteiger partial charge in [-0.25, -0.2) is 0 Å². The molecule has 0 aliphatic rings. The molecule has 0 bridgehead atoms. The fourth-order valence-corrected chi connectivity index (χ4v) is 2.38.